The van der Waals surface area contributed by atoms with E-state index in [1.807, 2.05) is 0 Å². The molecule has 114 valence electrons. The fourth-order valence-electron chi connectivity index (χ4n) is 3.47. The molecule has 1 amide bonds. The smallest absolute Gasteiger partial charge is 0.240 e. The lowest BCUT2D eigenvalue weighted by molar-refractivity contribution is -0.135. The van der Waals surface area contributed by atoms with E-state index in [0.29, 0.717) is 11.3 Å². The SMILES string of the molecule is CCC1(C)CCN(C(=O)C2Cc3ccccc3CN2)CC1. The van der Waals surface area contributed by atoms with Crippen molar-refractivity contribution in [3.05, 3.63) is 35.4 Å². The van der Waals surface area contributed by atoms with Crippen LogP contribution in [0, 0.1) is 5.41 Å². The number of carbonyl (C=O) groups is 1. The summed E-state index contributed by atoms with van der Waals surface area (Å²) in [5.41, 5.74) is 3.09. The summed E-state index contributed by atoms with van der Waals surface area (Å²) >= 11 is 0. The number of amides is 1. The highest BCUT2D eigenvalue weighted by atomic mass is 16.2. The Balaban J connectivity index is 1.63. The Morgan fingerprint density at radius 1 is 1.29 bits per heavy atom. The maximum absolute atomic E-state index is 12.7. The number of likely N-dealkylation sites (tertiary alicyclic amines) is 1. The van der Waals surface area contributed by atoms with Crippen molar-refractivity contribution in [2.45, 2.75) is 52.1 Å². The average Bonchev–Trinajstić information content (AvgIpc) is 2.54. The molecule has 0 radical (unpaired) electrons. The fourth-order valence-corrected chi connectivity index (χ4v) is 3.47. The van der Waals surface area contributed by atoms with Gasteiger partial charge < -0.3 is 10.2 Å². The predicted molar refractivity (Wildman–Crippen MR) is 85.0 cm³/mol. The minimum atomic E-state index is -0.0362. The van der Waals surface area contributed by atoms with Crippen LogP contribution < -0.4 is 5.32 Å². The zero-order valence-electron chi connectivity index (χ0n) is 13.2. The van der Waals surface area contributed by atoms with Gasteiger partial charge in [0.1, 0.15) is 0 Å². The van der Waals surface area contributed by atoms with Gasteiger partial charge in [0.05, 0.1) is 6.04 Å². The van der Waals surface area contributed by atoms with Gasteiger partial charge in [0.15, 0.2) is 0 Å². The molecule has 0 bridgehead atoms. The third kappa shape index (κ3) is 2.98. The molecule has 0 aliphatic carbocycles. The van der Waals surface area contributed by atoms with Crippen LogP contribution in [0.15, 0.2) is 24.3 Å². The van der Waals surface area contributed by atoms with E-state index in [-0.39, 0.29) is 6.04 Å². The minimum Gasteiger partial charge on any atom is -0.341 e. The Morgan fingerprint density at radius 2 is 1.95 bits per heavy atom. The Morgan fingerprint density at radius 3 is 2.62 bits per heavy atom. The van der Waals surface area contributed by atoms with Crippen LogP contribution in [-0.2, 0) is 17.8 Å². The standard InChI is InChI=1S/C18H26N2O/c1-3-18(2)8-10-20(11-9-18)17(21)16-12-14-6-4-5-7-15(14)13-19-16/h4-7,16,19H,3,8-13H2,1-2H3. The van der Waals surface area contributed by atoms with Crippen molar-refractivity contribution in [3.63, 3.8) is 0 Å². The highest BCUT2D eigenvalue weighted by molar-refractivity contribution is 5.82. The molecule has 2 aliphatic rings. The fraction of sp³-hybridized carbons (Fsp3) is 0.611. The Hall–Kier alpha value is -1.35. The molecule has 0 aromatic heterocycles. The van der Waals surface area contributed by atoms with Crippen molar-refractivity contribution in [1.82, 2.24) is 10.2 Å². The van der Waals surface area contributed by atoms with E-state index in [9.17, 15) is 4.79 Å². The highest BCUT2D eigenvalue weighted by Crippen LogP contribution is 2.34. The van der Waals surface area contributed by atoms with E-state index in [0.717, 1.165) is 38.9 Å². The predicted octanol–water partition coefficient (Wildman–Crippen LogP) is 2.74. The van der Waals surface area contributed by atoms with Gasteiger partial charge in [0, 0.05) is 19.6 Å². The number of nitrogens with one attached hydrogen (secondary N) is 1. The van der Waals surface area contributed by atoms with E-state index in [2.05, 4.69) is 48.3 Å². The van der Waals surface area contributed by atoms with Crippen LogP contribution >= 0.6 is 0 Å². The van der Waals surface area contributed by atoms with Crippen LogP contribution in [0.4, 0.5) is 0 Å². The lowest BCUT2D eigenvalue weighted by atomic mass is 9.78. The second kappa shape index (κ2) is 5.80. The molecule has 1 aromatic carbocycles. The molecule has 0 saturated carbocycles. The van der Waals surface area contributed by atoms with Gasteiger partial charge in [-0.15, -0.1) is 0 Å². The number of carbonyl (C=O) groups excluding carboxylic acids is 1. The maximum Gasteiger partial charge on any atom is 0.240 e. The summed E-state index contributed by atoms with van der Waals surface area (Å²) in [6.07, 6.45) is 4.32. The summed E-state index contributed by atoms with van der Waals surface area (Å²) in [5.74, 6) is 0.294. The molecule has 1 unspecified atom stereocenters. The number of piperidine rings is 1. The topological polar surface area (TPSA) is 32.3 Å². The molecule has 1 N–H and O–H groups in total. The van der Waals surface area contributed by atoms with Gasteiger partial charge in [-0.3, -0.25) is 4.79 Å². The lowest BCUT2D eigenvalue weighted by Crippen LogP contribution is -2.52. The number of hydrogen-bond acceptors (Lipinski definition) is 2. The van der Waals surface area contributed by atoms with Crippen molar-refractivity contribution in [2.24, 2.45) is 5.41 Å². The maximum atomic E-state index is 12.7. The van der Waals surface area contributed by atoms with Crippen molar-refractivity contribution >= 4 is 5.91 Å². The molecular formula is C18H26N2O. The van der Waals surface area contributed by atoms with E-state index in [1.54, 1.807) is 0 Å². The molecule has 21 heavy (non-hydrogen) atoms. The summed E-state index contributed by atoms with van der Waals surface area (Å²) in [6, 6.07) is 8.40. The lowest BCUT2D eigenvalue weighted by Gasteiger charge is -2.40. The van der Waals surface area contributed by atoms with Crippen LogP contribution in [0.3, 0.4) is 0 Å². The number of hydrogen-bond donors (Lipinski definition) is 1. The first-order valence-corrected chi connectivity index (χ1v) is 8.20. The third-order valence-corrected chi connectivity index (χ3v) is 5.52. The molecule has 3 heteroatoms. The van der Waals surface area contributed by atoms with Crippen LogP contribution in [0.1, 0.15) is 44.2 Å². The number of benzene rings is 1. The number of fused-ring (bicyclic) bond motifs is 1. The van der Waals surface area contributed by atoms with Crippen LogP contribution in [-0.4, -0.2) is 29.9 Å². The van der Waals surface area contributed by atoms with E-state index >= 15 is 0 Å². The van der Waals surface area contributed by atoms with Gasteiger partial charge in [-0.1, -0.05) is 44.5 Å². The van der Waals surface area contributed by atoms with Crippen LogP contribution in [0.25, 0.3) is 0 Å². The Kier molecular flexibility index (Phi) is 4.03. The van der Waals surface area contributed by atoms with Gasteiger partial charge in [0.25, 0.3) is 0 Å². The van der Waals surface area contributed by atoms with E-state index in [4.69, 9.17) is 0 Å². The molecule has 2 aliphatic heterocycles. The van der Waals surface area contributed by atoms with Gasteiger partial charge in [-0.2, -0.15) is 0 Å². The first-order valence-electron chi connectivity index (χ1n) is 8.20. The van der Waals surface area contributed by atoms with Gasteiger partial charge in [0.2, 0.25) is 5.91 Å². The first kappa shape index (κ1) is 14.6. The normalized spacial score (nSPS) is 24.5. The third-order valence-electron chi connectivity index (χ3n) is 5.52. The molecule has 3 nitrogen and oxygen atoms in total. The quantitative estimate of drug-likeness (QED) is 0.906. The summed E-state index contributed by atoms with van der Waals surface area (Å²) in [5, 5.41) is 3.42. The second-order valence-corrected chi connectivity index (χ2v) is 6.90. The Labute approximate surface area is 127 Å². The molecule has 1 saturated heterocycles. The van der Waals surface area contributed by atoms with Gasteiger partial charge >= 0.3 is 0 Å². The molecular weight excluding hydrogens is 260 g/mol. The van der Waals surface area contributed by atoms with Crippen molar-refractivity contribution in [2.75, 3.05) is 13.1 Å². The van der Waals surface area contributed by atoms with E-state index < -0.39 is 0 Å². The monoisotopic (exact) mass is 286 g/mol. The van der Waals surface area contributed by atoms with Gasteiger partial charge in [-0.05, 0) is 35.8 Å². The molecule has 1 atom stereocenters. The zero-order chi connectivity index (χ0) is 14.9. The largest absolute Gasteiger partial charge is 0.341 e. The first-order chi connectivity index (χ1) is 10.1. The second-order valence-electron chi connectivity index (χ2n) is 6.90. The Bertz CT molecular complexity index is 518. The van der Waals surface area contributed by atoms with Crippen LogP contribution in [0.2, 0.25) is 0 Å². The average molecular weight is 286 g/mol. The number of rotatable bonds is 2. The van der Waals surface area contributed by atoms with Crippen molar-refractivity contribution in [1.29, 1.82) is 0 Å². The molecule has 1 fully saturated rings. The zero-order valence-corrected chi connectivity index (χ0v) is 13.2. The van der Waals surface area contributed by atoms with Crippen molar-refractivity contribution < 1.29 is 4.79 Å². The summed E-state index contributed by atoms with van der Waals surface area (Å²) < 4.78 is 0. The van der Waals surface area contributed by atoms with Gasteiger partial charge in [-0.25, -0.2) is 0 Å². The minimum absolute atomic E-state index is 0.0362. The summed E-state index contributed by atoms with van der Waals surface area (Å²) in [7, 11) is 0. The van der Waals surface area contributed by atoms with Crippen molar-refractivity contribution in [3.8, 4) is 0 Å². The molecule has 1 aromatic rings. The molecule has 2 heterocycles. The number of nitrogens with zero attached hydrogens (tertiary/aromatic N) is 1. The van der Waals surface area contributed by atoms with E-state index in [1.165, 1.54) is 17.5 Å². The summed E-state index contributed by atoms with van der Waals surface area (Å²) in [4.78, 5) is 14.8. The molecule has 3 rings (SSSR count). The highest BCUT2D eigenvalue weighted by Gasteiger charge is 2.33. The van der Waals surface area contributed by atoms with Crippen LogP contribution in [0.5, 0.6) is 0 Å². The molecule has 0 spiro atoms. The summed E-state index contributed by atoms with van der Waals surface area (Å²) in [6.45, 7) is 7.26.